The lowest BCUT2D eigenvalue weighted by Crippen LogP contribution is -2.31. The average Bonchev–Trinajstić information content (AvgIpc) is 3.15. The number of carbonyl (C=O) groups is 1. The highest BCUT2D eigenvalue weighted by atomic mass is 35.5. The zero-order valence-electron chi connectivity index (χ0n) is 16.2. The molecule has 1 heterocycles. The molecule has 4 rings (SSSR count). The van der Waals surface area contributed by atoms with Gasteiger partial charge in [0.1, 0.15) is 11.9 Å². The maximum atomic E-state index is 14.6. The number of aliphatic hydroxyl groups is 1. The molecule has 0 saturated heterocycles. The lowest BCUT2D eigenvalue weighted by Gasteiger charge is -2.14. The van der Waals surface area contributed by atoms with Gasteiger partial charge in [0.05, 0.1) is 17.1 Å². The summed E-state index contributed by atoms with van der Waals surface area (Å²) in [6, 6.07) is 20.5. The van der Waals surface area contributed by atoms with Crippen LogP contribution in [0.25, 0.3) is 22.0 Å². The number of hydrogen-bond acceptors (Lipinski definition) is 3. The molecule has 1 aromatic heterocycles. The summed E-state index contributed by atoms with van der Waals surface area (Å²) in [5.41, 5.74) is 2.55. The van der Waals surface area contributed by atoms with Crippen molar-refractivity contribution in [2.75, 3.05) is 5.32 Å². The number of carbonyl (C=O) groups excluding carboxylic acids is 1. The van der Waals surface area contributed by atoms with Gasteiger partial charge in [-0.15, -0.1) is 0 Å². The van der Waals surface area contributed by atoms with Crippen LogP contribution in [-0.2, 0) is 11.3 Å². The Labute approximate surface area is 182 Å². The van der Waals surface area contributed by atoms with Gasteiger partial charge >= 0.3 is 0 Å². The number of aliphatic hydroxyl groups excluding tert-OH is 1. The standard InChI is InChI=1S/C24H17ClFN3O2/c25-20-11-18(7-6-17(20)13-27)28-24(31)23(30)14-29-9-8-16-10-21(26)19(12-22(16)29)15-4-2-1-3-5-15/h1-12,23,30H,14H2,(H,28,31). The molecule has 0 aliphatic rings. The fraction of sp³-hybridized carbons (Fsp3) is 0.0833. The predicted molar refractivity (Wildman–Crippen MR) is 118 cm³/mol. The number of nitriles is 1. The molecule has 4 aromatic rings. The van der Waals surface area contributed by atoms with Gasteiger partial charge < -0.3 is 15.0 Å². The minimum Gasteiger partial charge on any atom is -0.381 e. The van der Waals surface area contributed by atoms with Crippen LogP contribution in [0.4, 0.5) is 10.1 Å². The highest BCUT2D eigenvalue weighted by molar-refractivity contribution is 6.32. The lowest BCUT2D eigenvalue weighted by atomic mass is 10.0. The Hall–Kier alpha value is -3.66. The summed E-state index contributed by atoms with van der Waals surface area (Å²) in [5, 5.41) is 22.8. The van der Waals surface area contributed by atoms with Crippen LogP contribution in [-0.4, -0.2) is 21.7 Å². The van der Waals surface area contributed by atoms with Crippen LogP contribution in [0.3, 0.4) is 0 Å². The van der Waals surface area contributed by atoms with Crippen molar-refractivity contribution in [1.29, 1.82) is 5.26 Å². The minimum atomic E-state index is -1.35. The maximum Gasteiger partial charge on any atom is 0.255 e. The first-order chi connectivity index (χ1) is 15.0. The molecule has 1 unspecified atom stereocenters. The molecule has 0 fully saturated rings. The summed E-state index contributed by atoms with van der Waals surface area (Å²) in [5.74, 6) is -0.958. The fourth-order valence-electron chi connectivity index (χ4n) is 3.39. The van der Waals surface area contributed by atoms with E-state index >= 15 is 0 Å². The van der Waals surface area contributed by atoms with Gasteiger partial charge in [-0.05, 0) is 42.0 Å². The summed E-state index contributed by atoms with van der Waals surface area (Å²) in [6.07, 6.45) is 0.351. The SMILES string of the molecule is N#Cc1ccc(NC(=O)C(O)Cn2ccc3cc(F)c(-c4ccccc4)cc32)cc1Cl. The van der Waals surface area contributed by atoms with Gasteiger partial charge in [-0.2, -0.15) is 5.26 Å². The van der Waals surface area contributed by atoms with E-state index < -0.39 is 12.0 Å². The maximum absolute atomic E-state index is 14.6. The van der Waals surface area contributed by atoms with Gasteiger partial charge in [0, 0.05) is 28.4 Å². The topological polar surface area (TPSA) is 78.1 Å². The van der Waals surface area contributed by atoms with Gasteiger partial charge in [0.15, 0.2) is 6.10 Å². The van der Waals surface area contributed by atoms with E-state index in [0.717, 1.165) is 5.56 Å². The van der Waals surface area contributed by atoms with Gasteiger partial charge in [-0.3, -0.25) is 4.79 Å². The predicted octanol–water partition coefficient (Wildman–Crippen LogP) is 4.97. The Morgan fingerprint density at radius 3 is 2.65 bits per heavy atom. The first-order valence-electron chi connectivity index (χ1n) is 9.48. The quantitative estimate of drug-likeness (QED) is 0.466. The number of amides is 1. The van der Waals surface area contributed by atoms with Crippen LogP contribution < -0.4 is 5.32 Å². The Morgan fingerprint density at radius 2 is 1.94 bits per heavy atom. The number of nitrogens with one attached hydrogen (secondary N) is 1. The van der Waals surface area contributed by atoms with E-state index in [1.165, 1.54) is 24.3 Å². The summed E-state index contributed by atoms with van der Waals surface area (Å²) < 4.78 is 16.3. The van der Waals surface area contributed by atoms with Crippen LogP contribution in [0, 0.1) is 17.1 Å². The monoisotopic (exact) mass is 433 g/mol. The zero-order chi connectivity index (χ0) is 22.0. The molecule has 1 amide bonds. The molecule has 3 aromatic carbocycles. The number of aromatic nitrogens is 1. The van der Waals surface area contributed by atoms with E-state index in [2.05, 4.69) is 5.32 Å². The van der Waals surface area contributed by atoms with E-state index in [4.69, 9.17) is 16.9 Å². The molecule has 0 aliphatic carbocycles. The highest BCUT2D eigenvalue weighted by Crippen LogP contribution is 2.28. The van der Waals surface area contributed by atoms with Gasteiger partial charge in [0.25, 0.3) is 5.91 Å². The summed E-state index contributed by atoms with van der Waals surface area (Å²) in [4.78, 5) is 12.4. The Morgan fingerprint density at radius 1 is 1.16 bits per heavy atom. The van der Waals surface area contributed by atoms with E-state index in [1.54, 1.807) is 22.9 Å². The highest BCUT2D eigenvalue weighted by Gasteiger charge is 2.18. The van der Waals surface area contributed by atoms with Crippen LogP contribution in [0.1, 0.15) is 5.56 Å². The van der Waals surface area contributed by atoms with Crippen LogP contribution in [0.15, 0.2) is 72.9 Å². The molecule has 5 nitrogen and oxygen atoms in total. The number of nitrogens with zero attached hydrogens (tertiary/aromatic N) is 2. The third-order valence-electron chi connectivity index (χ3n) is 4.97. The van der Waals surface area contributed by atoms with E-state index in [1.807, 2.05) is 36.4 Å². The second kappa shape index (κ2) is 8.60. The lowest BCUT2D eigenvalue weighted by molar-refractivity contribution is -0.124. The fourth-order valence-corrected chi connectivity index (χ4v) is 3.61. The largest absolute Gasteiger partial charge is 0.381 e. The smallest absolute Gasteiger partial charge is 0.255 e. The molecule has 0 aliphatic heterocycles. The zero-order valence-corrected chi connectivity index (χ0v) is 17.0. The normalized spacial score (nSPS) is 11.8. The van der Waals surface area contributed by atoms with Crippen LogP contribution >= 0.6 is 11.6 Å². The molecular formula is C24H17ClFN3O2. The summed E-state index contributed by atoms with van der Waals surface area (Å²) in [6.45, 7) is -0.0147. The molecule has 31 heavy (non-hydrogen) atoms. The third-order valence-corrected chi connectivity index (χ3v) is 5.29. The number of fused-ring (bicyclic) bond motifs is 1. The molecule has 0 spiro atoms. The molecule has 0 radical (unpaired) electrons. The number of rotatable bonds is 5. The van der Waals surface area contributed by atoms with Crippen molar-refractivity contribution in [3.8, 4) is 17.2 Å². The number of anilines is 1. The third kappa shape index (κ3) is 4.29. The summed E-state index contributed by atoms with van der Waals surface area (Å²) >= 11 is 5.98. The Bertz CT molecular complexity index is 1310. The molecule has 0 bridgehead atoms. The molecule has 1 atom stereocenters. The van der Waals surface area contributed by atoms with Gasteiger partial charge in [-0.25, -0.2) is 4.39 Å². The minimum absolute atomic E-state index is 0.0147. The number of benzene rings is 3. The van der Waals surface area contributed by atoms with Crippen molar-refractivity contribution in [2.24, 2.45) is 0 Å². The first-order valence-corrected chi connectivity index (χ1v) is 9.86. The van der Waals surface area contributed by atoms with Crippen molar-refractivity contribution in [3.63, 3.8) is 0 Å². The molecule has 2 N–H and O–H groups in total. The first kappa shape index (κ1) is 20.6. The average molecular weight is 434 g/mol. The number of halogens is 2. The van der Waals surface area contributed by atoms with Crippen molar-refractivity contribution in [1.82, 2.24) is 4.57 Å². The van der Waals surface area contributed by atoms with E-state index in [-0.39, 0.29) is 17.4 Å². The van der Waals surface area contributed by atoms with Crippen LogP contribution in [0.5, 0.6) is 0 Å². The van der Waals surface area contributed by atoms with Crippen molar-refractivity contribution < 1.29 is 14.3 Å². The Balaban J connectivity index is 1.56. The van der Waals surface area contributed by atoms with Crippen molar-refractivity contribution in [3.05, 3.63) is 89.3 Å². The summed E-state index contributed by atoms with van der Waals surface area (Å²) in [7, 11) is 0. The second-order valence-electron chi connectivity index (χ2n) is 7.04. The van der Waals surface area contributed by atoms with Crippen molar-refractivity contribution >= 4 is 34.1 Å². The van der Waals surface area contributed by atoms with Crippen LogP contribution in [0.2, 0.25) is 5.02 Å². The molecule has 0 saturated carbocycles. The second-order valence-corrected chi connectivity index (χ2v) is 7.44. The molecule has 7 heteroatoms. The Kier molecular flexibility index (Phi) is 5.72. The van der Waals surface area contributed by atoms with Gasteiger partial charge in [-0.1, -0.05) is 41.9 Å². The van der Waals surface area contributed by atoms with E-state index in [9.17, 15) is 14.3 Å². The molecule has 154 valence electrons. The molecular weight excluding hydrogens is 417 g/mol. The van der Waals surface area contributed by atoms with Gasteiger partial charge in [0.2, 0.25) is 0 Å². The number of hydrogen-bond donors (Lipinski definition) is 2. The van der Waals surface area contributed by atoms with E-state index in [0.29, 0.717) is 27.7 Å². The van der Waals surface area contributed by atoms with Crippen molar-refractivity contribution in [2.45, 2.75) is 12.6 Å².